The van der Waals surface area contributed by atoms with Crippen LogP contribution >= 0.6 is 0 Å². The van der Waals surface area contributed by atoms with Crippen LogP contribution in [-0.4, -0.2) is 32.3 Å². The van der Waals surface area contributed by atoms with Crippen LogP contribution in [0, 0.1) is 0 Å². The number of aliphatic hydroxyl groups excluding tert-OH is 1. The molecule has 1 heterocycles. The number of aromatic carboxylic acids is 1. The molecule has 20 heavy (non-hydrogen) atoms. The number of hydrogen-bond acceptors (Lipinski definition) is 3. The highest BCUT2D eigenvalue weighted by atomic mass is 16.4. The second-order valence-electron chi connectivity index (χ2n) is 5.45. The van der Waals surface area contributed by atoms with Gasteiger partial charge in [0.2, 0.25) is 0 Å². The molecule has 2 aromatic rings. The van der Waals surface area contributed by atoms with Gasteiger partial charge in [-0.05, 0) is 38.3 Å². The second-order valence-corrected chi connectivity index (χ2v) is 5.45. The van der Waals surface area contributed by atoms with Crippen LogP contribution in [0.25, 0.3) is 11.0 Å². The van der Waals surface area contributed by atoms with Crippen molar-refractivity contribution in [1.29, 1.82) is 0 Å². The van der Waals surface area contributed by atoms with Crippen molar-refractivity contribution < 1.29 is 15.0 Å². The molecule has 0 amide bonds. The Morgan fingerprint density at radius 2 is 2.25 bits per heavy atom. The van der Waals surface area contributed by atoms with E-state index < -0.39 is 5.97 Å². The zero-order valence-electron chi connectivity index (χ0n) is 11.4. The number of benzene rings is 1. The molecule has 2 N–H and O–H groups in total. The monoisotopic (exact) mass is 274 g/mol. The molecule has 0 saturated heterocycles. The lowest BCUT2D eigenvalue weighted by atomic mass is 10.1. The van der Waals surface area contributed by atoms with Gasteiger partial charge in [-0.3, -0.25) is 0 Å². The highest BCUT2D eigenvalue weighted by Crippen LogP contribution is 2.42. The second kappa shape index (κ2) is 4.90. The third-order valence-corrected chi connectivity index (χ3v) is 3.91. The molecule has 5 nitrogen and oxygen atoms in total. The maximum Gasteiger partial charge on any atom is 0.337 e. The van der Waals surface area contributed by atoms with Crippen molar-refractivity contribution in [3.05, 3.63) is 29.6 Å². The van der Waals surface area contributed by atoms with Crippen LogP contribution in [0.4, 0.5) is 0 Å². The maximum atomic E-state index is 11.3. The number of rotatable bonds is 5. The molecule has 1 atom stereocenters. The molecule has 1 saturated carbocycles. The predicted molar refractivity (Wildman–Crippen MR) is 75.1 cm³/mol. The fourth-order valence-corrected chi connectivity index (χ4v) is 2.72. The van der Waals surface area contributed by atoms with E-state index in [-0.39, 0.29) is 18.2 Å². The molecule has 1 fully saturated rings. The molecule has 1 unspecified atom stereocenters. The molecule has 3 rings (SSSR count). The van der Waals surface area contributed by atoms with Gasteiger partial charge < -0.3 is 14.8 Å². The number of para-hydroxylation sites is 1. The molecule has 1 aromatic heterocycles. The standard InChI is InChI=1S/C15H18N2O3/c1-9(7-8-18)17-12-4-2-3-11(15(19)20)13(12)16-14(17)10-5-6-10/h2-4,9-10,18H,5-8H2,1H3,(H,19,20). The van der Waals surface area contributed by atoms with E-state index in [0.717, 1.165) is 24.2 Å². The minimum Gasteiger partial charge on any atom is -0.478 e. The molecule has 106 valence electrons. The fourth-order valence-electron chi connectivity index (χ4n) is 2.72. The van der Waals surface area contributed by atoms with E-state index in [4.69, 9.17) is 5.11 Å². The number of hydrogen-bond donors (Lipinski definition) is 2. The summed E-state index contributed by atoms with van der Waals surface area (Å²) in [6.07, 6.45) is 2.86. The summed E-state index contributed by atoms with van der Waals surface area (Å²) in [5.74, 6) is 0.456. The first-order valence-electron chi connectivity index (χ1n) is 6.98. The third-order valence-electron chi connectivity index (χ3n) is 3.91. The zero-order valence-corrected chi connectivity index (χ0v) is 11.4. The van der Waals surface area contributed by atoms with Gasteiger partial charge in [-0.25, -0.2) is 9.78 Å². The first-order chi connectivity index (χ1) is 9.63. The third kappa shape index (κ3) is 2.08. The lowest BCUT2D eigenvalue weighted by molar-refractivity contribution is 0.0699. The summed E-state index contributed by atoms with van der Waals surface area (Å²) in [4.78, 5) is 15.9. The van der Waals surface area contributed by atoms with E-state index >= 15 is 0 Å². The number of carboxylic acid groups (broad SMARTS) is 1. The van der Waals surface area contributed by atoms with Crippen molar-refractivity contribution in [2.75, 3.05) is 6.61 Å². The van der Waals surface area contributed by atoms with Gasteiger partial charge in [-0.2, -0.15) is 0 Å². The maximum absolute atomic E-state index is 11.3. The minimum absolute atomic E-state index is 0.115. The van der Waals surface area contributed by atoms with E-state index in [9.17, 15) is 9.90 Å². The van der Waals surface area contributed by atoms with Gasteiger partial charge in [-0.1, -0.05) is 6.07 Å². The Morgan fingerprint density at radius 3 is 2.85 bits per heavy atom. The van der Waals surface area contributed by atoms with Crippen LogP contribution in [0.1, 0.15) is 54.3 Å². The van der Waals surface area contributed by atoms with Gasteiger partial charge >= 0.3 is 5.97 Å². The number of carboxylic acids is 1. The van der Waals surface area contributed by atoms with Crippen LogP contribution < -0.4 is 0 Å². The Labute approximate surface area is 116 Å². The average Bonchev–Trinajstić information content (AvgIpc) is 3.18. The van der Waals surface area contributed by atoms with Crippen molar-refractivity contribution in [2.45, 2.75) is 38.1 Å². The number of nitrogens with zero attached hydrogens (tertiary/aromatic N) is 2. The lowest BCUT2D eigenvalue weighted by Crippen LogP contribution is -2.10. The zero-order chi connectivity index (χ0) is 14.3. The number of aliphatic hydroxyl groups is 1. The molecule has 0 aliphatic heterocycles. The summed E-state index contributed by atoms with van der Waals surface area (Å²) in [6.45, 7) is 2.15. The van der Waals surface area contributed by atoms with E-state index in [2.05, 4.69) is 9.55 Å². The van der Waals surface area contributed by atoms with E-state index in [0.29, 0.717) is 17.9 Å². The summed E-state index contributed by atoms with van der Waals surface area (Å²) in [5, 5.41) is 18.5. The summed E-state index contributed by atoms with van der Waals surface area (Å²) >= 11 is 0. The number of fused-ring (bicyclic) bond motifs is 1. The summed E-state index contributed by atoms with van der Waals surface area (Å²) in [5.41, 5.74) is 1.67. The molecule has 5 heteroatoms. The first-order valence-corrected chi connectivity index (χ1v) is 6.98. The molecule has 0 bridgehead atoms. The average molecular weight is 274 g/mol. The molecule has 0 spiro atoms. The quantitative estimate of drug-likeness (QED) is 0.878. The van der Waals surface area contributed by atoms with Gasteiger partial charge in [0.1, 0.15) is 11.3 Å². The fraction of sp³-hybridized carbons (Fsp3) is 0.467. The summed E-state index contributed by atoms with van der Waals surface area (Å²) in [6, 6.07) is 5.38. The highest BCUT2D eigenvalue weighted by molar-refractivity contribution is 6.01. The molecule has 1 aliphatic rings. The molecular formula is C15H18N2O3. The van der Waals surface area contributed by atoms with Gasteiger partial charge in [0.25, 0.3) is 0 Å². The van der Waals surface area contributed by atoms with Crippen LogP contribution in [0.3, 0.4) is 0 Å². The number of carbonyl (C=O) groups is 1. The highest BCUT2D eigenvalue weighted by Gasteiger charge is 2.31. The van der Waals surface area contributed by atoms with Gasteiger partial charge in [0.15, 0.2) is 0 Å². The molecule has 0 radical (unpaired) electrons. The number of imidazole rings is 1. The van der Waals surface area contributed by atoms with Crippen molar-refractivity contribution in [3.63, 3.8) is 0 Å². The Bertz CT molecular complexity index is 658. The predicted octanol–water partition coefficient (Wildman–Crippen LogP) is 2.56. The van der Waals surface area contributed by atoms with Gasteiger partial charge in [-0.15, -0.1) is 0 Å². The normalized spacial score (nSPS) is 16.5. The molecular weight excluding hydrogens is 256 g/mol. The topological polar surface area (TPSA) is 75.3 Å². The molecule has 1 aliphatic carbocycles. The number of aromatic nitrogens is 2. The van der Waals surface area contributed by atoms with Crippen LogP contribution in [-0.2, 0) is 0 Å². The Balaban J connectivity index is 2.22. The summed E-state index contributed by atoms with van der Waals surface area (Å²) in [7, 11) is 0. The lowest BCUT2D eigenvalue weighted by Gasteiger charge is -2.16. The Morgan fingerprint density at radius 1 is 1.50 bits per heavy atom. The first kappa shape index (κ1) is 13.1. The summed E-state index contributed by atoms with van der Waals surface area (Å²) < 4.78 is 2.11. The van der Waals surface area contributed by atoms with Crippen molar-refractivity contribution >= 4 is 17.0 Å². The Kier molecular flexibility index (Phi) is 3.22. The van der Waals surface area contributed by atoms with Gasteiger partial charge in [0, 0.05) is 18.6 Å². The van der Waals surface area contributed by atoms with Crippen molar-refractivity contribution in [3.8, 4) is 0 Å². The van der Waals surface area contributed by atoms with Crippen molar-refractivity contribution in [1.82, 2.24) is 9.55 Å². The van der Waals surface area contributed by atoms with Gasteiger partial charge in [0.05, 0.1) is 11.1 Å². The van der Waals surface area contributed by atoms with Crippen LogP contribution in [0.15, 0.2) is 18.2 Å². The van der Waals surface area contributed by atoms with E-state index in [1.807, 2.05) is 13.0 Å². The van der Waals surface area contributed by atoms with Crippen LogP contribution in [0.5, 0.6) is 0 Å². The smallest absolute Gasteiger partial charge is 0.337 e. The SMILES string of the molecule is CC(CCO)n1c(C2CC2)nc2c(C(=O)O)cccc21. The van der Waals surface area contributed by atoms with Crippen molar-refractivity contribution in [2.24, 2.45) is 0 Å². The largest absolute Gasteiger partial charge is 0.478 e. The Hall–Kier alpha value is -1.88. The van der Waals surface area contributed by atoms with Crippen LogP contribution in [0.2, 0.25) is 0 Å². The minimum atomic E-state index is -0.947. The van der Waals surface area contributed by atoms with E-state index in [1.165, 1.54) is 0 Å². The van der Waals surface area contributed by atoms with E-state index in [1.54, 1.807) is 12.1 Å². The molecule has 1 aromatic carbocycles.